The largest absolute Gasteiger partial charge is 0.353 e. The maximum Gasteiger partial charge on any atom is 0.231 e. The van der Waals surface area contributed by atoms with Gasteiger partial charge in [0.1, 0.15) is 18.3 Å². The van der Waals surface area contributed by atoms with Crippen molar-refractivity contribution in [3.05, 3.63) is 52.4 Å². The molecule has 1 aromatic heterocycles. The second-order valence-corrected chi connectivity index (χ2v) is 10.00. The SMILES string of the molecule is C[C@@H]1CCc2ncnc(N3CCN(C(=O)C(CN4CC[C@H](F)C4)c4ccc(Cl)cc4)CC3)c21. The fourth-order valence-corrected chi connectivity index (χ4v) is 5.59. The van der Waals surface area contributed by atoms with E-state index < -0.39 is 6.17 Å². The molecule has 33 heavy (non-hydrogen) atoms. The second kappa shape index (κ2) is 9.55. The highest BCUT2D eigenvalue weighted by molar-refractivity contribution is 6.30. The van der Waals surface area contributed by atoms with Crippen LogP contribution in [0.15, 0.2) is 30.6 Å². The van der Waals surface area contributed by atoms with Crippen molar-refractivity contribution in [2.45, 2.75) is 44.2 Å². The summed E-state index contributed by atoms with van der Waals surface area (Å²) in [5, 5.41) is 0.648. The van der Waals surface area contributed by atoms with Crippen molar-refractivity contribution in [1.29, 1.82) is 0 Å². The van der Waals surface area contributed by atoms with Crippen molar-refractivity contribution < 1.29 is 9.18 Å². The zero-order chi connectivity index (χ0) is 22.9. The quantitative estimate of drug-likeness (QED) is 0.666. The molecule has 6 nitrogen and oxygen atoms in total. The Morgan fingerprint density at radius 1 is 1.12 bits per heavy atom. The van der Waals surface area contributed by atoms with Crippen LogP contribution in [0.3, 0.4) is 0 Å². The summed E-state index contributed by atoms with van der Waals surface area (Å²) < 4.78 is 13.8. The Kier molecular flexibility index (Phi) is 6.52. The lowest BCUT2D eigenvalue weighted by Gasteiger charge is -2.38. The molecular formula is C25H31ClFN5O. The number of hydrogen-bond acceptors (Lipinski definition) is 5. The van der Waals surface area contributed by atoms with Crippen molar-refractivity contribution in [3.63, 3.8) is 0 Å². The van der Waals surface area contributed by atoms with E-state index in [1.54, 1.807) is 6.33 Å². The van der Waals surface area contributed by atoms with Gasteiger partial charge in [0.05, 0.1) is 5.92 Å². The zero-order valence-corrected chi connectivity index (χ0v) is 19.8. The minimum absolute atomic E-state index is 0.112. The summed E-state index contributed by atoms with van der Waals surface area (Å²) in [5.41, 5.74) is 3.40. The molecule has 0 saturated carbocycles. The van der Waals surface area contributed by atoms with E-state index in [2.05, 4.69) is 26.7 Å². The molecule has 1 unspecified atom stereocenters. The first kappa shape index (κ1) is 22.5. The number of piperazine rings is 1. The Labute approximate surface area is 199 Å². The fourth-order valence-electron chi connectivity index (χ4n) is 5.46. The predicted molar refractivity (Wildman–Crippen MR) is 128 cm³/mol. The molecule has 1 aliphatic carbocycles. The molecule has 0 spiro atoms. The van der Waals surface area contributed by atoms with Gasteiger partial charge >= 0.3 is 0 Å². The van der Waals surface area contributed by atoms with E-state index in [1.165, 1.54) is 11.3 Å². The lowest BCUT2D eigenvalue weighted by molar-refractivity contribution is -0.133. The minimum Gasteiger partial charge on any atom is -0.353 e. The predicted octanol–water partition coefficient (Wildman–Crippen LogP) is 3.66. The van der Waals surface area contributed by atoms with E-state index in [0.29, 0.717) is 50.1 Å². The number of aromatic nitrogens is 2. The molecule has 1 aromatic carbocycles. The first-order valence-corrected chi connectivity index (χ1v) is 12.4. The number of benzene rings is 1. The van der Waals surface area contributed by atoms with E-state index in [-0.39, 0.29) is 11.8 Å². The van der Waals surface area contributed by atoms with Gasteiger partial charge in [-0.2, -0.15) is 0 Å². The van der Waals surface area contributed by atoms with Crippen LogP contribution >= 0.6 is 11.6 Å². The molecule has 2 aliphatic heterocycles. The third-order valence-corrected chi connectivity index (χ3v) is 7.62. The molecule has 5 rings (SSSR count). The number of amides is 1. The summed E-state index contributed by atoms with van der Waals surface area (Å²) in [5.74, 6) is 1.31. The number of alkyl halides is 1. The maximum atomic E-state index is 13.8. The number of rotatable bonds is 5. The molecule has 0 bridgehead atoms. The molecule has 2 fully saturated rings. The molecule has 0 N–H and O–H groups in total. The van der Waals surface area contributed by atoms with Gasteiger partial charge in [-0.3, -0.25) is 9.69 Å². The molecule has 3 aliphatic rings. The molecule has 1 amide bonds. The van der Waals surface area contributed by atoms with Gasteiger partial charge in [0.15, 0.2) is 0 Å². The molecule has 8 heteroatoms. The van der Waals surface area contributed by atoms with Crippen molar-refractivity contribution in [2.24, 2.45) is 0 Å². The van der Waals surface area contributed by atoms with E-state index in [9.17, 15) is 9.18 Å². The molecule has 2 saturated heterocycles. The highest BCUT2D eigenvalue weighted by Gasteiger charge is 2.34. The Hall–Kier alpha value is -2.25. The summed E-state index contributed by atoms with van der Waals surface area (Å²) in [6, 6.07) is 7.51. The second-order valence-electron chi connectivity index (χ2n) is 9.56. The first-order chi connectivity index (χ1) is 16.0. The van der Waals surface area contributed by atoms with E-state index in [4.69, 9.17) is 11.6 Å². The van der Waals surface area contributed by atoms with E-state index in [0.717, 1.165) is 37.3 Å². The minimum atomic E-state index is -0.800. The summed E-state index contributed by atoms with van der Waals surface area (Å²) in [6.45, 7) is 6.71. The van der Waals surface area contributed by atoms with Crippen LogP contribution < -0.4 is 4.90 Å². The third-order valence-electron chi connectivity index (χ3n) is 7.37. The van der Waals surface area contributed by atoms with E-state index in [1.807, 2.05) is 29.2 Å². The van der Waals surface area contributed by atoms with Crippen molar-refractivity contribution >= 4 is 23.3 Å². The summed E-state index contributed by atoms with van der Waals surface area (Å²) in [6.07, 6.45) is 3.56. The molecule has 3 atom stereocenters. The number of carbonyl (C=O) groups excluding carboxylic acids is 1. The summed E-state index contributed by atoms with van der Waals surface area (Å²) >= 11 is 6.09. The van der Waals surface area contributed by atoms with Crippen molar-refractivity contribution in [2.75, 3.05) is 50.7 Å². The van der Waals surface area contributed by atoms with Gasteiger partial charge in [-0.05, 0) is 42.9 Å². The Morgan fingerprint density at radius 3 is 2.58 bits per heavy atom. The van der Waals surface area contributed by atoms with Crippen LogP contribution in [-0.4, -0.2) is 77.7 Å². The van der Waals surface area contributed by atoms with Crippen LogP contribution in [0.2, 0.25) is 5.02 Å². The zero-order valence-electron chi connectivity index (χ0n) is 19.1. The Bertz CT molecular complexity index is 995. The van der Waals surface area contributed by atoms with Crippen LogP contribution in [-0.2, 0) is 11.2 Å². The normalized spacial score (nSPS) is 24.2. The molecule has 3 heterocycles. The van der Waals surface area contributed by atoms with Crippen LogP contribution in [0.1, 0.15) is 48.4 Å². The van der Waals surface area contributed by atoms with Gasteiger partial charge in [0, 0.05) is 62.1 Å². The van der Waals surface area contributed by atoms with Gasteiger partial charge < -0.3 is 9.80 Å². The fraction of sp³-hybridized carbons (Fsp3) is 0.560. The number of carbonyl (C=O) groups is 1. The highest BCUT2D eigenvalue weighted by Crippen LogP contribution is 2.37. The number of nitrogens with zero attached hydrogens (tertiary/aromatic N) is 5. The summed E-state index contributed by atoms with van der Waals surface area (Å²) in [4.78, 5) is 29.1. The van der Waals surface area contributed by atoms with Crippen LogP contribution in [0.4, 0.5) is 10.2 Å². The van der Waals surface area contributed by atoms with Crippen LogP contribution in [0, 0.1) is 0 Å². The maximum absolute atomic E-state index is 13.8. The number of anilines is 1. The molecule has 176 valence electrons. The van der Waals surface area contributed by atoms with Gasteiger partial charge in [-0.25, -0.2) is 14.4 Å². The lowest BCUT2D eigenvalue weighted by Crippen LogP contribution is -2.51. The lowest BCUT2D eigenvalue weighted by atomic mass is 9.96. The van der Waals surface area contributed by atoms with Crippen molar-refractivity contribution in [3.8, 4) is 0 Å². The Balaban J connectivity index is 1.30. The monoisotopic (exact) mass is 471 g/mol. The molecular weight excluding hydrogens is 441 g/mol. The average molecular weight is 472 g/mol. The number of hydrogen-bond donors (Lipinski definition) is 0. The smallest absolute Gasteiger partial charge is 0.231 e. The van der Waals surface area contributed by atoms with Gasteiger partial charge in [0.2, 0.25) is 5.91 Å². The standard InChI is InChI=1S/C25H31ClFN5O/c1-17-2-7-22-23(17)24(29-16-28-22)31-10-12-32(13-11-31)25(33)21(15-30-9-8-20(27)14-30)18-3-5-19(26)6-4-18/h3-6,16-17,20-21H,2,7-15H2,1H3/t17-,20+,21?/m1/s1. The van der Waals surface area contributed by atoms with Gasteiger partial charge in [-0.1, -0.05) is 30.7 Å². The number of likely N-dealkylation sites (tertiary alicyclic amines) is 1. The third kappa shape index (κ3) is 4.71. The van der Waals surface area contributed by atoms with Gasteiger partial charge in [-0.15, -0.1) is 0 Å². The molecule has 0 radical (unpaired) electrons. The van der Waals surface area contributed by atoms with Crippen LogP contribution in [0.25, 0.3) is 0 Å². The van der Waals surface area contributed by atoms with E-state index >= 15 is 0 Å². The first-order valence-electron chi connectivity index (χ1n) is 12.0. The number of halogens is 2. The van der Waals surface area contributed by atoms with Crippen molar-refractivity contribution in [1.82, 2.24) is 19.8 Å². The van der Waals surface area contributed by atoms with Crippen LogP contribution in [0.5, 0.6) is 0 Å². The number of aryl methyl sites for hydroxylation is 1. The summed E-state index contributed by atoms with van der Waals surface area (Å²) in [7, 11) is 0. The highest BCUT2D eigenvalue weighted by atomic mass is 35.5. The van der Waals surface area contributed by atoms with Gasteiger partial charge in [0.25, 0.3) is 0 Å². The number of fused-ring (bicyclic) bond motifs is 1. The topological polar surface area (TPSA) is 52.6 Å². The Morgan fingerprint density at radius 2 is 1.88 bits per heavy atom. The molecule has 2 aromatic rings. The average Bonchev–Trinajstić information content (AvgIpc) is 3.43.